The molecule has 0 heterocycles. The van der Waals surface area contributed by atoms with Crippen molar-refractivity contribution in [2.75, 3.05) is 39.6 Å². The first kappa shape index (κ1) is 99.1. The summed E-state index contributed by atoms with van der Waals surface area (Å²) < 4.78 is 68.7. The molecule has 2 unspecified atom stereocenters. The van der Waals surface area contributed by atoms with Crippen LogP contribution in [0.2, 0.25) is 0 Å². The molecule has 0 saturated carbocycles. The van der Waals surface area contributed by atoms with Gasteiger partial charge in [0.25, 0.3) is 0 Å². The quantitative estimate of drug-likeness (QED) is 0.0222. The highest BCUT2D eigenvalue weighted by molar-refractivity contribution is 7.47. The van der Waals surface area contributed by atoms with Crippen molar-refractivity contribution in [3.63, 3.8) is 0 Å². The van der Waals surface area contributed by atoms with Crippen LogP contribution in [0.15, 0.2) is 0 Å². The molecule has 600 valence electrons. The molecule has 0 saturated heterocycles. The van der Waals surface area contributed by atoms with Gasteiger partial charge < -0.3 is 33.8 Å². The Morgan fingerprint density at radius 2 is 0.455 bits per heavy atom. The van der Waals surface area contributed by atoms with Crippen LogP contribution < -0.4 is 0 Å². The molecule has 0 aliphatic carbocycles. The summed E-state index contributed by atoms with van der Waals surface area (Å²) in [6.07, 6.45) is 66.8. The number of hydrogen-bond acceptors (Lipinski definition) is 15. The molecule has 0 aromatic carbocycles. The van der Waals surface area contributed by atoms with Gasteiger partial charge in [-0.2, -0.15) is 0 Å². The lowest BCUT2D eigenvalue weighted by atomic mass is 10.0. The smallest absolute Gasteiger partial charge is 0.462 e. The van der Waals surface area contributed by atoms with Gasteiger partial charge in [0, 0.05) is 25.7 Å². The zero-order valence-electron chi connectivity index (χ0n) is 66.1. The number of aliphatic hydroxyl groups excluding tert-OH is 1. The Morgan fingerprint density at radius 3 is 0.673 bits per heavy atom. The monoisotopic (exact) mass is 1480 g/mol. The first-order valence-corrected chi connectivity index (χ1v) is 45.6. The van der Waals surface area contributed by atoms with E-state index in [9.17, 15) is 43.2 Å². The van der Waals surface area contributed by atoms with E-state index in [-0.39, 0.29) is 25.7 Å². The SMILES string of the molecule is CCCCCCCCCCCCCCCCCCCCCCCCC(=O)O[C@H](COC(=O)CCCCCCCCCCCCCCCCCC)COP(=O)(O)OC[C@@H](O)COP(=O)(O)OC[C@@H](COC(=O)CCCCCCCCCC)OC(=O)CCCCCCCCCCCCCCC(C)C. The van der Waals surface area contributed by atoms with Gasteiger partial charge in [0.15, 0.2) is 12.2 Å². The Kier molecular flexibility index (Phi) is 73.5. The van der Waals surface area contributed by atoms with Gasteiger partial charge in [-0.3, -0.25) is 37.3 Å². The van der Waals surface area contributed by atoms with Gasteiger partial charge in [0.05, 0.1) is 26.4 Å². The Hall–Kier alpha value is -1.94. The van der Waals surface area contributed by atoms with Gasteiger partial charge in [-0.1, -0.05) is 388 Å². The van der Waals surface area contributed by atoms with Gasteiger partial charge in [-0.15, -0.1) is 0 Å². The van der Waals surface area contributed by atoms with Crippen LogP contribution in [0.4, 0.5) is 0 Å². The number of phosphoric acid groups is 2. The second kappa shape index (κ2) is 74.9. The van der Waals surface area contributed by atoms with Crippen molar-refractivity contribution in [3.05, 3.63) is 0 Å². The summed E-state index contributed by atoms with van der Waals surface area (Å²) >= 11 is 0. The zero-order chi connectivity index (χ0) is 74.1. The largest absolute Gasteiger partial charge is 0.472 e. The van der Waals surface area contributed by atoms with Gasteiger partial charge in [-0.05, 0) is 31.6 Å². The highest BCUT2D eigenvalue weighted by Crippen LogP contribution is 2.45. The predicted octanol–water partition coefficient (Wildman–Crippen LogP) is 24.8. The van der Waals surface area contributed by atoms with Crippen LogP contribution in [0.1, 0.15) is 439 Å². The van der Waals surface area contributed by atoms with Crippen molar-refractivity contribution in [3.8, 4) is 0 Å². The summed E-state index contributed by atoms with van der Waals surface area (Å²) in [5, 5.41) is 10.6. The minimum absolute atomic E-state index is 0.107. The van der Waals surface area contributed by atoms with E-state index in [0.717, 1.165) is 102 Å². The molecule has 0 radical (unpaired) electrons. The summed E-state index contributed by atoms with van der Waals surface area (Å²) in [6.45, 7) is 7.32. The molecule has 0 rings (SSSR count). The Morgan fingerprint density at radius 1 is 0.267 bits per heavy atom. The van der Waals surface area contributed by atoms with Crippen LogP contribution in [0, 0.1) is 5.92 Å². The summed E-state index contributed by atoms with van der Waals surface area (Å²) in [7, 11) is -9.92. The topological polar surface area (TPSA) is 237 Å². The van der Waals surface area contributed by atoms with Crippen LogP contribution in [0.25, 0.3) is 0 Å². The first-order valence-electron chi connectivity index (χ1n) is 42.6. The van der Waals surface area contributed by atoms with E-state index in [2.05, 4.69) is 34.6 Å². The molecule has 0 amide bonds. The molecular formula is C82H160O17P2. The van der Waals surface area contributed by atoms with Crippen molar-refractivity contribution >= 4 is 39.5 Å². The number of phosphoric ester groups is 2. The summed E-state index contributed by atoms with van der Waals surface area (Å²) in [5.74, 6) is -1.33. The molecule has 19 heteroatoms. The van der Waals surface area contributed by atoms with Crippen LogP contribution in [-0.2, 0) is 65.4 Å². The van der Waals surface area contributed by atoms with E-state index in [0.29, 0.717) is 25.7 Å². The van der Waals surface area contributed by atoms with Crippen molar-refractivity contribution < 1.29 is 80.2 Å². The molecule has 0 bridgehead atoms. The van der Waals surface area contributed by atoms with Crippen molar-refractivity contribution in [2.24, 2.45) is 5.92 Å². The predicted molar refractivity (Wildman–Crippen MR) is 414 cm³/mol. The molecule has 0 aliphatic heterocycles. The third-order valence-corrected chi connectivity index (χ3v) is 21.2. The maximum Gasteiger partial charge on any atom is 0.472 e. The maximum absolute atomic E-state index is 13.1. The number of carbonyl (C=O) groups excluding carboxylic acids is 4. The average Bonchev–Trinajstić information content (AvgIpc) is 0.986. The van der Waals surface area contributed by atoms with Crippen molar-refractivity contribution in [1.82, 2.24) is 0 Å². The number of aliphatic hydroxyl groups is 1. The van der Waals surface area contributed by atoms with Crippen LogP contribution in [-0.4, -0.2) is 96.7 Å². The molecule has 5 atom stereocenters. The summed E-state index contributed by atoms with van der Waals surface area (Å²) in [5.41, 5.74) is 0. The van der Waals surface area contributed by atoms with Gasteiger partial charge in [0.1, 0.15) is 19.3 Å². The lowest BCUT2D eigenvalue weighted by Crippen LogP contribution is -2.30. The van der Waals surface area contributed by atoms with E-state index < -0.39 is 97.5 Å². The third kappa shape index (κ3) is 76.1. The minimum atomic E-state index is -4.96. The van der Waals surface area contributed by atoms with Gasteiger partial charge >= 0.3 is 39.5 Å². The first-order chi connectivity index (χ1) is 49.0. The minimum Gasteiger partial charge on any atom is -0.462 e. The van der Waals surface area contributed by atoms with E-state index in [4.69, 9.17) is 37.0 Å². The fourth-order valence-electron chi connectivity index (χ4n) is 12.8. The lowest BCUT2D eigenvalue weighted by Gasteiger charge is -2.21. The number of hydrogen-bond donors (Lipinski definition) is 3. The number of ether oxygens (including phenoxy) is 4. The molecule has 3 N–H and O–H groups in total. The Balaban J connectivity index is 5.18. The molecule has 0 spiro atoms. The molecule has 0 aliphatic rings. The number of unbranched alkanes of at least 4 members (excludes halogenated alkanes) is 54. The van der Waals surface area contributed by atoms with Crippen molar-refractivity contribution in [1.29, 1.82) is 0 Å². The molecule has 0 fully saturated rings. The maximum atomic E-state index is 13.1. The van der Waals surface area contributed by atoms with Crippen LogP contribution in [0.3, 0.4) is 0 Å². The Labute approximate surface area is 619 Å². The van der Waals surface area contributed by atoms with Crippen LogP contribution in [0.5, 0.6) is 0 Å². The van der Waals surface area contributed by atoms with Gasteiger partial charge in [0.2, 0.25) is 0 Å². The second-order valence-electron chi connectivity index (χ2n) is 30.0. The standard InChI is InChI=1S/C82H160O17P2/c1-6-9-12-15-18-21-23-25-27-29-30-31-32-33-34-36-38-43-47-52-57-62-67-81(86)99-78(72-93-80(85)66-61-56-51-46-42-37-35-28-26-24-22-19-16-13-10-7-2)74-97-101(90,91)95-70-76(83)69-94-100(88,89)96-73-77(71-92-79(84)65-60-55-50-20-17-14-11-8-3)98-82(87)68-63-58-53-48-44-40-39-41-45-49-54-59-64-75(4)5/h75-78,83H,6-74H2,1-5H3,(H,88,89)(H,90,91)/t76-,77+,78+/m0/s1. The molecule has 101 heavy (non-hydrogen) atoms. The van der Waals surface area contributed by atoms with E-state index in [1.165, 1.54) is 257 Å². The molecule has 0 aromatic heterocycles. The van der Waals surface area contributed by atoms with E-state index in [1.54, 1.807) is 0 Å². The second-order valence-corrected chi connectivity index (χ2v) is 32.9. The number of esters is 4. The molecule has 0 aromatic rings. The third-order valence-electron chi connectivity index (χ3n) is 19.3. The molecule has 17 nitrogen and oxygen atoms in total. The number of carbonyl (C=O) groups is 4. The van der Waals surface area contributed by atoms with E-state index >= 15 is 0 Å². The normalized spacial score (nSPS) is 13.8. The highest BCUT2D eigenvalue weighted by Gasteiger charge is 2.30. The van der Waals surface area contributed by atoms with Crippen molar-refractivity contribution in [2.45, 2.75) is 457 Å². The highest BCUT2D eigenvalue weighted by atomic mass is 31.2. The van der Waals surface area contributed by atoms with E-state index in [1.807, 2.05) is 0 Å². The fraction of sp³-hybridized carbons (Fsp3) is 0.951. The van der Waals surface area contributed by atoms with Gasteiger partial charge in [-0.25, -0.2) is 9.13 Å². The fourth-order valence-corrected chi connectivity index (χ4v) is 14.3. The number of rotatable bonds is 82. The summed E-state index contributed by atoms with van der Waals surface area (Å²) in [6, 6.07) is 0. The zero-order valence-corrected chi connectivity index (χ0v) is 67.8. The molecular weight excluding hydrogens is 1320 g/mol. The lowest BCUT2D eigenvalue weighted by molar-refractivity contribution is -0.161. The van der Waals surface area contributed by atoms with Crippen LogP contribution >= 0.6 is 15.6 Å². The summed E-state index contributed by atoms with van der Waals surface area (Å²) in [4.78, 5) is 73.0. The average molecular weight is 1480 g/mol. The Bertz CT molecular complexity index is 1930.